The molecule has 2 aromatic heterocycles. The van der Waals surface area contributed by atoms with Crippen LogP contribution >= 0.6 is 0 Å². The largest absolute Gasteiger partial charge is 0.496 e. The fourth-order valence-corrected chi connectivity index (χ4v) is 3.33. The third kappa shape index (κ3) is 3.84. The Labute approximate surface area is 180 Å². The number of hydrogen-bond acceptors (Lipinski definition) is 5. The molecule has 11 heteroatoms. The molecule has 0 bridgehead atoms. The highest BCUT2D eigenvalue weighted by Crippen LogP contribution is 2.34. The predicted octanol–water partition coefficient (Wildman–Crippen LogP) is 3.72. The van der Waals surface area contributed by atoms with E-state index >= 15 is 0 Å². The Kier molecular flexibility index (Phi) is 5.71. The van der Waals surface area contributed by atoms with Gasteiger partial charge in [-0.3, -0.25) is 14.5 Å². The third-order valence-electron chi connectivity index (χ3n) is 4.86. The monoisotopic (exact) mass is 445 g/mol. The summed E-state index contributed by atoms with van der Waals surface area (Å²) >= 11 is 0. The van der Waals surface area contributed by atoms with Crippen LogP contribution < -0.4 is 14.8 Å². The summed E-state index contributed by atoms with van der Waals surface area (Å²) in [5.41, 5.74) is 3.66. The first-order chi connectivity index (χ1) is 15.4. The number of nitrogens with one attached hydrogen (secondary N) is 2. The van der Waals surface area contributed by atoms with Gasteiger partial charge in [-0.1, -0.05) is 6.07 Å². The lowest BCUT2D eigenvalue weighted by Crippen LogP contribution is -2.36. The molecule has 8 nitrogen and oxygen atoms in total. The average Bonchev–Trinajstić information content (AvgIpc) is 3.47. The number of amides is 1. The molecule has 1 atom stereocenters. The molecule has 166 valence electrons. The van der Waals surface area contributed by atoms with Gasteiger partial charge in [-0.15, -0.1) is 0 Å². The lowest BCUT2D eigenvalue weighted by molar-refractivity contribution is 0.0285. The number of H-pyrrole nitrogens is 1. The first-order valence-corrected chi connectivity index (χ1v) is 9.38. The van der Waals surface area contributed by atoms with Crippen LogP contribution in [-0.4, -0.2) is 52.6 Å². The van der Waals surface area contributed by atoms with E-state index in [9.17, 15) is 18.0 Å². The van der Waals surface area contributed by atoms with E-state index in [0.717, 1.165) is 16.6 Å². The second kappa shape index (κ2) is 8.61. The van der Waals surface area contributed by atoms with Crippen molar-refractivity contribution >= 4 is 16.9 Å². The average molecular weight is 445 g/mol. The lowest BCUT2D eigenvalue weighted by Gasteiger charge is -2.17. The second-order valence-corrected chi connectivity index (χ2v) is 6.74. The first-order valence-electron chi connectivity index (χ1n) is 9.38. The molecule has 0 radical (unpaired) electrons. The van der Waals surface area contributed by atoms with Crippen molar-refractivity contribution in [3.05, 3.63) is 54.6 Å². The maximum absolute atomic E-state index is 13.4. The van der Waals surface area contributed by atoms with Crippen molar-refractivity contribution in [2.24, 2.45) is 0 Å². The number of halogens is 3. The molecule has 0 aliphatic heterocycles. The summed E-state index contributed by atoms with van der Waals surface area (Å²) in [5.74, 6) is -1.04. The summed E-state index contributed by atoms with van der Waals surface area (Å²) in [5, 5.41) is 8.31. The van der Waals surface area contributed by atoms with Gasteiger partial charge in [0, 0.05) is 23.9 Å². The van der Waals surface area contributed by atoms with E-state index in [1.54, 1.807) is 28.6 Å². The SMILES string of the molecule is COc1cc(-n2cnc3cc(-c4cn[nH]c4)ccc32)cc(OC)c1C(=O)NC(F)C(F)F. The van der Waals surface area contributed by atoms with E-state index in [2.05, 4.69) is 15.2 Å². The lowest BCUT2D eigenvalue weighted by atomic mass is 10.1. The smallest absolute Gasteiger partial charge is 0.287 e. The molecular formula is C21H18F3N5O3. The van der Waals surface area contributed by atoms with E-state index in [1.807, 2.05) is 18.2 Å². The van der Waals surface area contributed by atoms with E-state index < -0.39 is 18.6 Å². The summed E-state index contributed by atoms with van der Waals surface area (Å²) in [6.45, 7) is 0. The zero-order valence-corrected chi connectivity index (χ0v) is 17.0. The molecule has 32 heavy (non-hydrogen) atoms. The normalized spacial score (nSPS) is 12.2. The van der Waals surface area contributed by atoms with Gasteiger partial charge in [-0.05, 0) is 17.7 Å². The molecule has 0 spiro atoms. The number of imidazole rings is 1. The highest BCUT2D eigenvalue weighted by Gasteiger charge is 2.27. The number of hydrogen-bond donors (Lipinski definition) is 2. The van der Waals surface area contributed by atoms with Gasteiger partial charge in [-0.25, -0.2) is 18.2 Å². The minimum absolute atomic E-state index is 0.0233. The number of aromatic nitrogens is 4. The van der Waals surface area contributed by atoms with Crippen LogP contribution in [0, 0.1) is 0 Å². The van der Waals surface area contributed by atoms with Crippen molar-refractivity contribution < 1.29 is 27.4 Å². The maximum Gasteiger partial charge on any atom is 0.287 e. The van der Waals surface area contributed by atoms with Crippen LogP contribution in [0.3, 0.4) is 0 Å². The zero-order chi connectivity index (χ0) is 22.8. The Morgan fingerprint density at radius 1 is 1.09 bits per heavy atom. The number of methoxy groups -OCH3 is 2. The number of rotatable bonds is 7. The maximum atomic E-state index is 13.4. The molecule has 1 unspecified atom stereocenters. The second-order valence-electron chi connectivity index (χ2n) is 6.74. The molecule has 0 saturated carbocycles. The van der Waals surface area contributed by atoms with Crippen LogP contribution in [0.5, 0.6) is 11.5 Å². The van der Waals surface area contributed by atoms with Gasteiger partial charge in [0.2, 0.25) is 6.30 Å². The van der Waals surface area contributed by atoms with Gasteiger partial charge in [0.15, 0.2) is 0 Å². The van der Waals surface area contributed by atoms with E-state index in [-0.39, 0.29) is 17.1 Å². The highest BCUT2D eigenvalue weighted by molar-refractivity contribution is 6.00. The van der Waals surface area contributed by atoms with Gasteiger partial charge in [-0.2, -0.15) is 5.10 Å². The van der Waals surface area contributed by atoms with Crippen molar-refractivity contribution in [1.82, 2.24) is 25.1 Å². The van der Waals surface area contributed by atoms with E-state index in [0.29, 0.717) is 11.2 Å². The topological polar surface area (TPSA) is 94.1 Å². The van der Waals surface area contributed by atoms with Gasteiger partial charge >= 0.3 is 0 Å². The van der Waals surface area contributed by atoms with Crippen molar-refractivity contribution in [2.75, 3.05) is 14.2 Å². The first kappa shape index (κ1) is 21.2. The number of carbonyl (C=O) groups excluding carboxylic acids is 1. The standard InChI is InChI=1S/C21H18F3N5O3/c1-31-16-6-13(7-17(32-2)18(16)21(30)28-20(24)19(22)23)29-10-25-14-5-11(3-4-15(14)29)12-8-26-27-9-12/h3-10,19-20H,1-2H3,(H,26,27)(H,28,30). The Hall–Kier alpha value is -4.02. The number of ether oxygens (including phenoxy) is 2. The Bertz CT molecular complexity index is 1230. The third-order valence-corrected chi connectivity index (χ3v) is 4.86. The molecule has 0 aliphatic carbocycles. The number of fused-ring (bicyclic) bond motifs is 1. The van der Waals surface area contributed by atoms with Crippen LogP contribution in [0.4, 0.5) is 13.2 Å². The number of aromatic amines is 1. The predicted molar refractivity (Wildman–Crippen MR) is 110 cm³/mol. The fourth-order valence-electron chi connectivity index (χ4n) is 3.33. The zero-order valence-electron chi connectivity index (χ0n) is 17.0. The van der Waals surface area contributed by atoms with Crippen molar-refractivity contribution in [2.45, 2.75) is 12.7 Å². The number of alkyl halides is 3. The molecule has 2 aromatic carbocycles. The van der Waals surface area contributed by atoms with Crippen LogP contribution in [-0.2, 0) is 0 Å². The van der Waals surface area contributed by atoms with E-state index in [4.69, 9.17) is 9.47 Å². The van der Waals surface area contributed by atoms with Gasteiger partial charge in [0.05, 0.1) is 37.1 Å². The van der Waals surface area contributed by atoms with Crippen LogP contribution in [0.2, 0.25) is 0 Å². The number of nitrogens with zero attached hydrogens (tertiary/aromatic N) is 3. The van der Waals surface area contributed by atoms with Crippen LogP contribution in [0.15, 0.2) is 49.1 Å². The van der Waals surface area contributed by atoms with Crippen LogP contribution in [0.25, 0.3) is 27.8 Å². The molecular weight excluding hydrogens is 427 g/mol. The van der Waals surface area contributed by atoms with Gasteiger partial charge in [0.1, 0.15) is 23.4 Å². The molecule has 2 N–H and O–H groups in total. The molecule has 4 rings (SSSR count). The number of carbonyl (C=O) groups is 1. The Morgan fingerprint density at radius 2 is 1.81 bits per heavy atom. The van der Waals surface area contributed by atoms with E-state index in [1.165, 1.54) is 26.4 Å². The van der Waals surface area contributed by atoms with Crippen molar-refractivity contribution in [3.63, 3.8) is 0 Å². The molecule has 0 saturated heterocycles. The summed E-state index contributed by atoms with van der Waals surface area (Å²) in [6, 6.07) is 8.71. The fraction of sp³-hybridized carbons (Fsp3) is 0.190. The Morgan fingerprint density at radius 3 is 2.41 bits per heavy atom. The van der Waals surface area contributed by atoms with Gasteiger partial charge < -0.3 is 14.8 Å². The van der Waals surface area contributed by atoms with Gasteiger partial charge in [0.25, 0.3) is 12.3 Å². The quantitative estimate of drug-likeness (QED) is 0.423. The van der Waals surface area contributed by atoms with Crippen molar-refractivity contribution in [1.29, 1.82) is 0 Å². The van der Waals surface area contributed by atoms with Crippen molar-refractivity contribution in [3.8, 4) is 28.3 Å². The Balaban J connectivity index is 1.76. The minimum Gasteiger partial charge on any atom is -0.496 e. The minimum atomic E-state index is -3.36. The number of benzene rings is 2. The summed E-state index contributed by atoms with van der Waals surface area (Å²) in [6.07, 6.45) is -1.12. The summed E-state index contributed by atoms with van der Waals surface area (Å²) in [4.78, 5) is 16.8. The molecule has 4 aromatic rings. The molecule has 2 heterocycles. The highest BCUT2D eigenvalue weighted by atomic mass is 19.3. The molecule has 1 amide bonds. The van der Waals surface area contributed by atoms with Crippen LogP contribution in [0.1, 0.15) is 10.4 Å². The molecule has 0 aliphatic rings. The summed E-state index contributed by atoms with van der Waals surface area (Å²) < 4.78 is 50.7. The molecule has 0 fully saturated rings. The summed E-state index contributed by atoms with van der Waals surface area (Å²) in [7, 11) is 2.61.